The molecule has 3 N–H and O–H groups in total. The molecule has 0 spiro atoms. The minimum atomic E-state index is -0.240. The molecular formula is C15H18Cl2N4O. The van der Waals surface area contributed by atoms with Crippen LogP contribution in [0.5, 0.6) is 0 Å². The maximum absolute atomic E-state index is 12.1. The van der Waals surface area contributed by atoms with Crippen LogP contribution in [0.25, 0.3) is 0 Å². The first-order valence-electron chi connectivity index (χ1n) is 7.35. The van der Waals surface area contributed by atoms with Crippen LogP contribution in [0.15, 0.2) is 23.3 Å². The van der Waals surface area contributed by atoms with Crippen molar-refractivity contribution in [2.45, 2.75) is 38.3 Å². The Kier molecular flexibility index (Phi) is 4.68. The number of nitrogens with zero attached hydrogens (tertiary/aromatic N) is 1. The van der Waals surface area contributed by atoms with Crippen LogP contribution < -0.4 is 16.3 Å². The van der Waals surface area contributed by atoms with E-state index in [0.29, 0.717) is 27.7 Å². The fourth-order valence-electron chi connectivity index (χ4n) is 2.56. The molecule has 1 aliphatic carbocycles. The van der Waals surface area contributed by atoms with E-state index in [-0.39, 0.29) is 11.9 Å². The molecule has 118 valence electrons. The third kappa shape index (κ3) is 3.60. The maximum Gasteiger partial charge on any atom is 0.258 e. The fraction of sp³-hybridized carbons (Fsp3) is 0.467. The van der Waals surface area contributed by atoms with Crippen molar-refractivity contribution in [1.29, 1.82) is 0 Å². The first kappa shape index (κ1) is 15.7. The summed E-state index contributed by atoms with van der Waals surface area (Å²) in [7, 11) is 0. The van der Waals surface area contributed by atoms with Gasteiger partial charge in [-0.25, -0.2) is 10.9 Å². The molecule has 2 fully saturated rings. The summed E-state index contributed by atoms with van der Waals surface area (Å²) < 4.78 is 0. The number of halogens is 2. The Morgan fingerprint density at radius 3 is 2.73 bits per heavy atom. The molecule has 3 rings (SSSR count). The van der Waals surface area contributed by atoms with Crippen LogP contribution >= 0.6 is 23.2 Å². The highest BCUT2D eigenvalue weighted by molar-refractivity contribution is 6.42. The lowest BCUT2D eigenvalue weighted by Gasteiger charge is -2.08. The second-order valence-corrected chi connectivity index (χ2v) is 6.64. The van der Waals surface area contributed by atoms with Gasteiger partial charge in [0.15, 0.2) is 0 Å². The van der Waals surface area contributed by atoms with Crippen molar-refractivity contribution in [3.8, 4) is 0 Å². The lowest BCUT2D eigenvalue weighted by atomic mass is 10.1. The van der Waals surface area contributed by atoms with Gasteiger partial charge in [-0.2, -0.15) is 5.10 Å². The van der Waals surface area contributed by atoms with E-state index in [1.807, 2.05) is 13.0 Å². The molecule has 1 aliphatic heterocycles. The van der Waals surface area contributed by atoms with Gasteiger partial charge in [-0.15, -0.1) is 0 Å². The lowest BCUT2D eigenvalue weighted by molar-refractivity contribution is -0.122. The first-order chi connectivity index (χ1) is 10.5. The quantitative estimate of drug-likeness (QED) is 0.582. The molecule has 2 unspecified atom stereocenters. The van der Waals surface area contributed by atoms with E-state index < -0.39 is 0 Å². The number of hydrogen-bond donors (Lipinski definition) is 3. The highest BCUT2D eigenvalue weighted by atomic mass is 35.5. The van der Waals surface area contributed by atoms with Crippen LogP contribution in [-0.4, -0.2) is 23.7 Å². The second-order valence-electron chi connectivity index (χ2n) is 5.82. The highest BCUT2D eigenvalue weighted by Gasteiger charge is 2.38. The Balaban J connectivity index is 1.58. The zero-order valence-corrected chi connectivity index (χ0v) is 13.7. The molecule has 2 aliphatic rings. The van der Waals surface area contributed by atoms with Crippen molar-refractivity contribution < 1.29 is 4.79 Å². The minimum Gasteiger partial charge on any atom is -0.271 e. The number of hydrazine groups is 1. The molecule has 0 radical (unpaired) electrons. The van der Waals surface area contributed by atoms with Crippen molar-refractivity contribution in [2.24, 2.45) is 11.0 Å². The summed E-state index contributed by atoms with van der Waals surface area (Å²) in [5, 5.41) is 5.10. The van der Waals surface area contributed by atoms with Crippen molar-refractivity contribution >= 4 is 34.8 Å². The summed E-state index contributed by atoms with van der Waals surface area (Å²) in [5.74, 6) is 0.585. The number of carbonyl (C=O) groups is 1. The molecule has 5 nitrogen and oxygen atoms in total. The van der Waals surface area contributed by atoms with Crippen LogP contribution in [0, 0.1) is 5.92 Å². The number of rotatable bonds is 4. The summed E-state index contributed by atoms with van der Waals surface area (Å²) in [5.41, 5.74) is 10.3. The molecule has 1 saturated heterocycles. The molecule has 2 atom stereocenters. The topological polar surface area (TPSA) is 65.5 Å². The predicted octanol–water partition coefficient (Wildman–Crippen LogP) is 2.48. The molecule has 1 amide bonds. The van der Waals surface area contributed by atoms with Gasteiger partial charge in [-0.3, -0.25) is 10.2 Å². The summed E-state index contributed by atoms with van der Waals surface area (Å²) in [4.78, 5) is 12.1. The van der Waals surface area contributed by atoms with E-state index in [9.17, 15) is 4.79 Å². The Labute approximate surface area is 139 Å². The van der Waals surface area contributed by atoms with E-state index in [2.05, 4.69) is 21.4 Å². The molecule has 1 heterocycles. The number of benzene rings is 1. The minimum absolute atomic E-state index is 0.130. The van der Waals surface area contributed by atoms with Crippen LogP contribution in [0.2, 0.25) is 10.0 Å². The monoisotopic (exact) mass is 340 g/mol. The Hall–Kier alpha value is -1.14. The maximum atomic E-state index is 12.1. The Morgan fingerprint density at radius 1 is 1.27 bits per heavy atom. The third-order valence-corrected chi connectivity index (χ3v) is 4.85. The van der Waals surface area contributed by atoms with Crippen LogP contribution in [0.4, 0.5) is 0 Å². The van der Waals surface area contributed by atoms with Crippen molar-refractivity contribution in [3.05, 3.63) is 33.8 Å². The Morgan fingerprint density at radius 2 is 2.05 bits per heavy atom. The first-order valence-corrected chi connectivity index (χ1v) is 8.11. The van der Waals surface area contributed by atoms with E-state index in [1.165, 1.54) is 12.8 Å². The standard InChI is InChI=1S/C15H18Cl2N4O/c1-8(10-4-5-11(16)12(17)6-10)18-21-15(22)14-7-13(19-20-14)9-2-3-9/h4-6,9,13-14,19-20H,2-3,7H2,1H3,(H,21,22)/b18-8-. The number of carbonyl (C=O) groups excluding carboxylic acids is 1. The van der Waals surface area contributed by atoms with E-state index >= 15 is 0 Å². The molecular weight excluding hydrogens is 323 g/mol. The van der Waals surface area contributed by atoms with Crippen molar-refractivity contribution in [3.63, 3.8) is 0 Å². The van der Waals surface area contributed by atoms with E-state index in [1.54, 1.807) is 12.1 Å². The average molecular weight is 341 g/mol. The average Bonchev–Trinajstić information content (AvgIpc) is 3.24. The summed E-state index contributed by atoms with van der Waals surface area (Å²) in [6, 6.07) is 5.42. The summed E-state index contributed by atoms with van der Waals surface area (Å²) in [6.07, 6.45) is 3.31. The number of amides is 1. The van der Waals surface area contributed by atoms with Crippen LogP contribution in [0.1, 0.15) is 31.7 Å². The smallest absolute Gasteiger partial charge is 0.258 e. The Bertz CT molecular complexity index is 616. The predicted molar refractivity (Wildman–Crippen MR) is 88.0 cm³/mol. The number of hydrogen-bond acceptors (Lipinski definition) is 4. The second kappa shape index (κ2) is 6.54. The molecule has 1 saturated carbocycles. The zero-order chi connectivity index (χ0) is 15.7. The zero-order valence-electron chi connectivity index (χ0n) is 12.2. The molecule has 0 bridgehead atoms. The van der Waals surface area contributed by atoms with Gasteiger partial charge in [0.05, 0.1) is 15.8 Å². The van der Waals surface area contributed by atoms with Crippen LogP contribution in [0.3, 0.4) is 0 Å². The van der Waals surface area contributed by atoms with Crippen molar-refractivity contribution in [1.82, 2.24) is 16.3 Å². The summed E-state index contributed by atoms with van der Waals surface area (Å²) >= 11 is 11.9. The van der Waals surface area contributed by atoms with Gasteiger partial charge in [-0.1, -0.05) is 29.3 Å². The van der Waals surface area contributed by atoms with Gasteiger partial charge < -0.3 is 0 Å². The third-order valence-electron chi connectivity index (χ3n) is 4.11. The number of nitrogens with one attached hydrogen (secondary N) is 3. The number of hydrazone groups is 1. The fourth-order valence-corrected chi connectivity index (χ4v) is 2.86. The van der Waals surface area contributed by atoms with E-state index in [4.69, 9.17) is 23.2 Å². The molecule has 22 heavy (non-hydrogen) atoms. The van der Waals surface area contributed by atoms with E-state index in [0.717, 1.165) is 12.0 Å². The van der Waals surface area contributed by atoms with Gasteiger partial charge in [0.25, 0.3) is 5.91 Å². The molecule has 0 aromatic heterocycles. The largest absolute Gasteiger partial charge is 0.271 e. The van der Waals surface area contributed by atoms with Crippen molar-refractivity contribution in [2.75, 3.05) is 0 Å². The molecule has 1 aromatic carbocycles. The van der Waals surface area contributed by atoms with Gasteiger partial charge in [0.2, 0.25) is 0 Å². The summed E-state index contributed by atoms with van der Waals surface area (Å²) in [6.45, 7) is 1.81. The molecule has 7 heteroatoms. The van der Waals surface area contributed by atoms with Gasteiger partial charge >= 0.3 is 0 Å². The van der Waals surface area contributed by atoms with Gasteiger partial charge in [0, 0.05) is 6.04 Å². The molecule has 1 aromatic rings. The lowest BCUT2D eigenvalue weighted by Crippen LogP contribution is -2.42. The van der Waals surface area contributed by atoms with Gasteiger partial charge in [-0.05, 0) is 49.8 Å². The highest BCUT2D eigenvalue weighted by Crippen LogP contribution is 2.35. The normalized spacial score (nSPS) is 25.3. The van der Waals surface area contributed by atoms with Gasteiger partial charge in [0.1, 0.15) is 6.04 Å². The van der Waals surface area contributed by atoms with Crippen LogP contribution in [-0.2, 0) is 4.79 Å². The SMILES string of the molecule is C/C(=N/NC(=O)C1CC(C2CC2)NN1)c1ccc(Cl)c(Cl)c1.